The normalized spacial score (nSPS) is 20.1. The van der Waals surface area contributed by atoms with Crippen molar-refractivity contribution in [1.82, 2.24) is 0 Å². The summed E-state index contributed by atoms with van der Waals surface area (Å²) < 4.78 is 1.23. The van der Waals surface area contributed by atoms with Crippen molar-refractivity contribution in [3.05, 3.63) is 0 Å². The Hall–Kier alpha value is 1.06. The molecule has 0 nitrogen and oxygen atoms in total. The van der Waals surface area contributed by atoms with Crippen LogP contribution >= 0.6 is 12.4 Å². The highest BCUT2D eigenvalue weighted by molar-refractivity contribution is 6.35. The SMILES string of the molecule is Cl.[CH3][Mg][CH]1CCCCC1. The van der Waals surface area contributed by atoms with Crippen LogP contribution in [-0.4, -0.2) is 20.4 Å². The van der Waals surface area contributed by atoms with Gasteiger partial charge in [0.25, 0.3) is 0 Å². The molecule has 0 aromatic rings. The summed E-state index contributed by atoms with van der Waals surface area (Å²) in [5.41, 5.74) is 0. The standard InChI is InChI=1S/C6H11.CH3.ClH.Mg/c1-2-4-6-5-3-1;;;/h1H,2-6H2;1H3;1H;. The molecule has 1 rings (SSSR count). The van der Waals surface area contributed by atoms with E-state index in [1.54, 1.807) is 12.8 Å². The Balaban J connectivity index is 0.000000640. The Kier molecular flexibility index (Phi) is 6.49. The molecular formula is C7H15ClMg. The minimum atomic E-state index is 0. The third kappa shape index (κ3) is 3.69. The summed E-state index contributed by atoms with van der Waals surface area (Å²) in [7, 11) is 0. The third-order valence-electron chi connectivity index (χ3n) is 2.30. The molecule has 1 aliphatic rings. The van der Waals surface area contributed by atoms with Crippen LogP contribution in [0.2, 0.25) is 9.10 Å². The third-order valence-corrected chi connectivity index (χ3v) is 4.27. The second kappa shape index (κ2) is 5.81. The summed E-state index contributed by atoms with van der Waals surface area (Å²) in [5.74, 6) is 0. The number of hydrogen-bond acceptors (Lipinski definition) is 0. The molecule has 0 saturated heterocycles. The van der Waals surface area contributed by atoms with Crippen LogP contribution < -0.4 is 0 Å². The zero-order chi connectivity index (χ0) is 5.82. The van der Waals surface area contributed by atoms with Crippen LogP contribution in [0.25, 0.3) is 0 Å². The van der Waals surface area contributed by atoms with Gasteiger partial charge >= 0.3 is 20.4 Å². The Morgan fingerprint density at radius 1 is 1.11 bits per heavy atom. The zero-order valence-corrected chi connectivity index (χ0v) is 8.46. The fourth-order valence-electron chi connectivity index (χ4n) is 1.60. The van der Waals surface area contributed by atoms with Crippen molar-refractivity contribution in [2.24, 2.45) is 0 Å². The first-order valence-corrected chi connectivity index (χ1v) is 6.16. The molecule has 0 aromatic carbocycles. The van der Waals surface area contributed by atoms with Gasteiger partial charge in [-0.1, -0.05) is 32.1 Å². The highest BCUT2D eigenvalue weighted by Crippen LogP contribution is 2.27. The van der Waals surface area contributed by atoms with Crippen molar-refractivity contribution in [2.45, 2.75) is 41.2 Å². The minimum absolute atomic E-state index is 0. The van der Waals surface area contributed by atoms with Gasteiger partial charge in [0.15, 0.2) is 0 Å². The van der Waals surface area contributed by atoms with Gasteiger partial charge < -0.3 is 0 Å². The lowest BCUT2D eigenvalue weighted by atomic mass is 10.00. The monoisotopic (exact) mass is 158 g/mol. The zero-order valence-electron chi connectivity index (χ0n) is 6.23. The molecule has 0 heterocycles. The minimum Gasteiger partial charge on any atom is -0.157 e. The maximum Gasteiger partial charge on any atom is 0.364 e. The average Bonchev–Trinajstić information content (AvgIpc) is 1.90. The lowest BCUT2D eigenvalue weighted by molar-refractivity contribution is 0.501. The first kappa shape index (κ1) is 10.1. The van der Waals surface area contributed by atoms with Crippen LogP contribution in [0.1, 0.15) is 32.1 Å². The van der Waals surface area contributed by atoms with E-state index in [1.807, 2.05) is 0 Å². The van der Waals surface area contributed by atoms with E-state index in [9.17, 15) is 0 Å². The summed E-state index contributed by atoms with van der Waals surface area (Å²) in [5, 5.41) is 2.45. The largest absolute Gasteiger partial charge is 0.364 e. The van der Waals surface area contributed by atoms with Crippen LogP contribution in [0, 0.1) is 0 Å². The van der Waals surface area contributed by atoms with Crippen molar-refractivity contribution < 1.29 is 0 Å². The van der Waals surface area contributed by atoms with Crippen LogP contribution in [0.15, 0.2) is 0 Å². The molecule has 2 heteroatoms. The summed E-state index contributed by atoms with van der Waals surface area (Å²) in [4.78, 5) is 0. The second-order valence-corrected chi connectivity index (χ2v) is 4.88. The van der Waals surface area contributed by atoms with Crippen LogP contribution in [0.5, 0.6) is 0 Å². The van der Waals surface area contributed by atoms with E-state index in [4.69, 9.17) is 0 Å². The Bertz CT molecular complexity index is 59.9. The van der Waals surface area contributed by atoms with E-state index in [0.717, 1.165) is 0 Å². The number of hydrogen-bond donors (Lipinski definition) is 0. The lowest BCUT2D eigenvalue weighted by Gasteiger charge is -2.19. The summed E-state index contributed by atoms with van der Waals surface area (Å²) >= 11 is 0.368. The predicted molar refractivity (Wildman–Crippen MR) is 45.7 cm³/mol. The van der Waals surface area contributed by atoms with Gasteiger partial charge in [0.05, 0.1) is 0 Å². The van der Waals surface area contributed by atoms with Crippen LogP contribution in [0.3, 0.4) is 0 Å². The van der Waals surface area contributed by atoms with Gasteiger partial charge in [0.2, 0.25) is 0 Å². The summed E-state index contributed by atoms with van der Waals surface area (Å²) in [6, 6.07) is 0. The van der Waals surface area contributed by atoms with Gasteiger partial charge in [-0.05, 0) is 0 Å². The molecule has 52 valence electrons. The highest BCUT2D eigenvalue weighted by Gasteiger charge is 2.11. The Morgan fingerprint density at radius 3 is 2.00 bits per heavy atom. The maximum absolute atomic E-state index is 2.45. The van der Waals surface area contributed by atoms with E-state index in [1.165, 1.54) is 23.3 Å². The van der Waals surface area contributed by atoms with Gasteiger partial charge in [-0.25, -0.2) is 0 Å². The molecule has 1 fully saturated rings. The molecule has 0 atom stereocenters. The van der Waals surface area contributed by atoms with Crippen molar-refractivity contribution in [2.75, 3.05) is 0 Å². The van der Waals surface area contributed by atoms with Gasteiger partial charge in [-0.2, -0.15) is 5.05 Å². The van der Waals surface area contributed by atoms with Crippen LogP contribution in [0.4, 0.5) is 0 Å². The molecule has 1 saturated carbocycles. The van der Waals surface area contributed by atoms with E-state index in [2.05, 4.69) is 5.05 Å². The summed E-state index contributed by atoms with van der Waals surface area (Å²) in [6.07, 6.45) is 7.73. The lowest BCUT2D eigenvalue weighted by Crippen LogP contribution is -2.04. The molecule has 0 N–H and O–H groups in total. The van der Waals surface area contributed by atoms with E-state index < -0.39 is 0 Å². The van der Waals surface area contributed by atoms with Crippen molar-refractivity contribution >= 4 is 32.8 Å². The molecule has 0 radical (unpaired) electrons. The Morgan fingerprint density at radius 2 is 1.67 bits per heavy atom. The smallest absolute Gasteiger partial charge is 0.157 e. The predicted octanol–water partition coefficient (Wildman–Crippen LogP) is 2.91. The van der Waals surface area contributed by atoms with E-state index in [-0.39, 0.29) is 12.4 Å². The molecule has 1 aliphatic carbocycles. The molecule has 0 aliphatic heterocycles. The number of rotatable bonds is 1. The van der Waals surface area contributed by atoms with E-state index >= 15 is 0 Å². The number of halogens is 1. The fourth-order valence-corrected chi connectivity index (χ4v) is 2.99. The first-order valence-electron chi connectivity index (χ1n) is 3.93. The van der Waals surface area contributed by atoms with E-state index in [0.29, 0.717) is 20.4 Å². The van der Waals surface area contributed by atoms with Crippen molar-refractivity contribution in [3.8, 4) is 0 Å². The van der Waals surface area contributed by atoms with Crippen molar-refractivity contribution in [1.29, 1.82) is 0 Å². The molecule has 0 aromatic heterocycles. The molecule has 0 unspecified atom stereocenters. The molecular weight excluding hydrogens is 144 g/mol. The van der Waals surface area contributed by atoms with Crippen LogP contribution in [-0.2, 0) is 0 Å². The summed E-state index contributed by atoms with van der Waals surface area (Å²) in [6.45, 7) is 0. The molecule has 9 heavy (non-hydrogen) atoms. The van der Waals surface area contributed by atoms with Gasteiger partial charge in [0, 0.05) is 0 Å². The highest BCUT2D eigenvalue weighted by atomic mass is 35.5. The maximum atomic E-state index is 2.45. The molecule has 0 amide bonds. The van der Waals surface area contributed by atoms with Crippen molar-refractivity contribution in [3.63, 3.8) is 0 Å². The quantitative estimate of drug-likeness (QED) is 0.516. The first-order chi connectivity index (χ1) is 3.93. The molecule has 0 spiro atoms. The van der Waals surface area contributed by atoms with Gasteiger partial charge in [-0.3, -0.25) is 0 Å². The fraction of sp³-hybridized carbons (Fsp3) is 1.00. The average molecular weight is 159 g/mol. The second-order valence-electron chi connectivity index (χ2n) is 2.91. The Labute approximate surface area is 73.9 Å². The molecule has 0 bridgehead atoms. The van der Waals surface area contributed by atoms with Gasteiger partial charge in [0.1, 0.15) is 0 Å². The van der Waals surface area contributed by atoms with Gasteiger partial charge in [-0.15, -0.1) is 16.5 Å². The topological polar surface area (TPSA) is 0 Å².